The molecule has 0 aliphatic heterocycles. The normalized spacial score (nSPS) is 11.3. The molecule has 0 radical (unpaired) electrons. The van der Waals surface area contributed by atoms with Crippen LogP contribution in [0.1, 0.15) is 12.8 Å². The van der Waals surface area contributed by atoms with E-state index in [1.807, 2.05) is 0 Å². The average Bonchev–Trinajstić information content (AvgIpc) is 2.42. The van der Waals surface area contributed by atoms with E-state index in [1.165, 1.54) is 17.0 Å². The predicted octanol–water partition coefficient (Wildman–Crippen LogP) is 1.31. The Bertz CT molecular complexity index is 560. The minimum absolute atomic E-state index is 0.0457. The van der Waals surface area contributed by atoms with Crippen LogP contribution >= 0.6 is 11.6 Å². The third-order valence-electron chi connectivity index (χ3n) is 2.86. The number of hydrogen-bond donors (Lipinski definition) is 1. The van der Waals surface area contributed by atoms with Gasteiger partial charge in [-0.1, -0.05) is 17.7 Å². The van der Waals surface area contributed by atoms with Gasteiger partial charge in [-0.05, 0) is 31.2 Å². The first-order valence-corrected chi connectivity index (χ1v) is 8.32. The molecule has 0 aromatic heterocycles. The molecule has 0 atom stereocenters. The van der Waals surface area contributed by atoms with Crippen molar-refractivity contribution in [1.29, 1.82) is 0 Å². The predicted molar refractivity (Wildman–Crippen MR) is 79.4 cm³/mol. The van der Waals surface area contributed by atoms with E-state index in [9.17, 15) is 13.2 Å². The molecule has 0 heterocycles. The van der Waals surface area contributed by atoms with Crippen molar-refractivity contribution in [2.24, 2.45) is 5.73 Å². The number of nitrogens with zero attached hydrogens (tertiary/aromatic N) is 1. The summed E-state index contributed by atoms with van der Waals surface area (Å²) in [5.41, 5.74) is 5.36. The van der Waals surface area contributed by atoms with Gasteiger partial charge in [0.1, 0.15) is 0 Å². The molecule has 7 heteroatoms. The fourth-order valence-electron chi connectivity index (χ4n) is 1.64. The van der Waals surface area contributed by atoms with Crippen LogP contribution < -0.4 is 5.73 Å². The van der Waals surface area contributed by atoms with Gasteiger partial charge in [0, 0.05) is 25.0 Å². The summed E-state index contributed by atoms with van der Waals surface area (Å²) in [6.07, 6.45) is 0.652. The summed E-state index contributed by atoms with van der Waals surface area (Å²) in [6, 6.07) is 6.04. The number of hydrogen-bond acceptors (Lipinski definition) is 4. The highest BCUT2D eigenvalue weighted by molar-refractivity contribution is 7.91. The van der Waals surface area contributed by atoms with Gasteiger partial charge < -0.3 is 10.6 Å². The van der Waals surface area contributed by atoms with Crippen LogP contribution in [-0.4, -0.2) is 45.1 Å². The highest BCUT2D eigenvalue weighted by Crippen LogP contribution is 2.17. The van der Waals surface area contributed by atoms with Crippen LogP contribution in [0.4, 0.5) is 0 Å². The second-order valence-electron chi connectivity index (χ2n) is 4.48. The lowest BCUT2D eigenvalue weighted by atomic mass is 10.3. The molecule has 0 saturated carbocycles. The van der Waals surface area contributed by atoms with E-state index in [0.29, 0.717) is 24.5 Å². The SMILES string of the molecule is CN(CCCN)C(=O)CCS(=O)(=O)c1cccc(Cl)c1. The van der Waals surface area contributed by atoms with Gasteiger partial charge in [-0.15, -0.1) is 0 Å². The van der Waals surface area contributed by atoms with Crippen molar-refractivity contribution in [1.82, 2.24) is 4.90 Å². The van der Waals surface area contributed by atoms with Crippen LogP contribution in [0, 0.1) is 0 Å². The molecule has 0 saturated heterocycles. The monoisotopic (exact) mass is 318 g/mol. The number of carbonyl (C=O) groups excluding carboxylic acids is 1. The molecule has 0 bridgehead atoms. The standard InChI is InChI=1S/C13H19ClN2O3S/c1-16(8-3-7-15)13(17)6-9-20(18,19)12-5-2-4-11(14)10-12/h2,4-5,10H,3,6-9,15H2,1H3. The molecule has 0 aliphatic rings. The summed E-state index contributed by atoms with van der Waals surface area (Å²) in [7, 11) is -1.85. The summed E-state index contributed by atoms with van der Waals surface area (Å²) < 4.78 is 24.2. The number of rotatable bonds is 7. The van der Waals surface area contributed by atoms with E-state index in [-0.39, 0.29) is 23.0 Å². The van der Waals surface area contributed by atoms with Crippen LogP contribution in [0.3, 0.4) is 0 Å². The zero-order chi connectivity index (χ0) is 15.2. The minimum atomic E-state index is -3.49. The summed E-state index contributed by atoms with van der Waals surface area (Å²) in [6.45, 7) is 1.03. The van der Waals surface area contributed by atoms with Crippen molar-refractivity contribution >= 4 is 27.3 Å². The summed E-state index contributed by atoms with van der Waals surface area (Å²) in [5.74, 6) is -0.428. The van der Waals surface area contributed by atoms with Crippen molar-refractivity contribution in [3.63, 3.8) is 0 Å². The number of nitrogens with two attached hydrogens (primary N) is 1. The van der Waals surface area contributed by atoms with Gasteiger partial charge in [0.15, 0.2) is 9.84 Å². The maximum atomic E-state index is 12.1. The maximum absolute atomic E-state index is 12.1. The Balaban J connectivity index is 2.62. The zero-order valence-corrected chi connectivity index (χ0v) is 13.0. The summed E-state index contributed by atoms with van der Waals surface area (Å²) >= 11 is 5.77. The van der Waals surface area contributed by atoms with E-state index in [0.717, 1.165) is 0 Å². The highest BCUT2D eigenvalue weighted by atomic mass is 35.5. The van der Waals surface area contributed by atoms with Gasteiger partial charge in [-0.2, -0.15) is 0 Å². The zero-order valence-electron chi connectivity index (χ0n) is 11.4. The van der Waals surface area contributed by atoms with Crippen molar-refractivity contribution in [2.45, 2.75) is 17.7 Å². The quantitative estimate of drug-likeness (QED) is 0.822. The number of carbonyl (C=O) groups is 1. The van der Waals surface area contributed by atoms with Crippen LogP contribution in [0.15, 0.2) is 29.2 Å². The smallest absolute Gasteiger partial charge is 0.223 e. The lowest BCUT2D eigenvalue weighted by Gasteiger charge is -2.16. The first kappa shape index (κ1) is 16.9. The van der Waals surface area contributed by atoms with E-state index < -0.39 is 9.84 Å². The molecule has 0 spiro atoms. The second kappa shape index (κ2) is 7.61. The maximum Gasteiger partial charge on any atom is 0.223 e. The van der Waals surface area contributed by atoms with E-state index in [4.69, 9.17) is 17.3 Å². The molecule has 1 rings (SSSR count). The third kappa shape index (κ3) is 5.11. The van der Waals surface area contributed by atoms with Crippen LogP contribution in [-0.2, 0) is 14.6 Å². The Morgan fingerprint density at radius 3 is 2.70 bits per heavy atom. The molecule has 2 N–H and O–H groups in total. The minimum Gasteiger partial charge on any atom is -0.346 e. The van der Waals surface area contributed by atoms with Gasteiger partial charge in [-0.25, -0.2) is 8.42 Å². The third-order valence-corrected chi connectivity index (χ3v) is 4.81. The van der Waals surface area contributed by atoms with Crippen molar-refractivity contribution < 1.29 is 13.2 Å². The van der Waals surface area contributed by atoms with Gasteiger partial charge in [0.05, 0.1) is 10.6 Å². The van der Waals surface area contributed by atoms with Gasteiger partial charge in [0.25, 0.3) is 0 Å². The van der Waals surface area contributed by atoms with E-state index >= 15 is 0 Å². The first-order chi connectivity index (χ1) is 9.36. The lowest BCUT2D eigenvalue weighted by molar-refractivity contribution is -0.129. The molecular weight excluding hydrogens is 300 g/mol. The number of benzene rings is 1. The second-order valence-corrected chi connectivity index (χ2v) is 7.03. The molecule has 1 amide bonds. The summed E-state index contributed by atoms with van der Waals surface area (Å²) in [5, 5.41) is 0.359. The van der Waals surface area contributed by atoms with Gasteiger partial charge in [-0.3, -0.25) is 4.79 Å². The van der Waals surface area contributed by atoms with Crippen molar-refractivity contribution in [3.8, 4) is 0 Å². The van der Waals surface area contributed by atoms with Crippen molar-refractivity contribution in [3.05, 3.63) is 29.3 Å². The molecule has 1 aromatic rings. The Kier molecular flexibility index (Phi) is 6.45. The van der Waals surface area contributed by atoms with Crippen LogP contribution in [0.5, 0.6) is 0 Å². The summed E-state index contributed by atoms with van der Waals surface area (Å²) in [4.78, 5) is 13.4. The molecule has 0 aliphatic carbocycles. The molecule has 0 fully saturated rings. The van der Waals surface area contributed by atoms with Crippen LogP contribution in [0.2, 0.25) is 5.02 Å². The van der Waals surface area contributed by atoms with Crippen molar-refractivity contribution in [2.75, 3.05) is 25.9 Å². The Morgan fingerprint density at radius 1 is 1.40 bits per heavy atom. The Labute approximate surface area is 124 Å². The molecule has 20 heavy (non-hydrogen) atoms. The lowest BCUT2D eigenvalue weighted by Crippen LogP contribution is -2.30. The molecule has 1 aromatic carbocycles. The Hall–Kier alpha value is -1.11. The van der Waals surface area contributed by atoms with E-state index in [1.54, 1.807) is 19.2 Å². The first-order valence-electron chi connectivity index (χ1n) is 6.29. The molecule has 112 valence electrons. The topological polar surface area (TPSA) is 80.5 Å². The molecule has 5 nitrogen and oxygen atoms in total. The Morgan fingerprint density at radius 2 is 2.10 bits per heavy atom. The van der Waals surface area contributed by atoms with Gasteiger partial charge in [0.2, 0.25) is 5.91 Å². The molecule has 0 unspecified atom stereocenters. The van der Waals surface area contributed by atoms with Gasteiger partial charge >= 0.3 is 0 Å². The highest BCUT2D eigenvalue weighted by Gasteiger charge is 2.18. The fourth-order valence-corrected chi connectivity index (χ4v) is 3.17. The fraction of sp³-hybridized carbons (Fsp3) is 0.462. The average molecular weight is 319 g/mol. The number of sulfone groups is 1. The number of amides is 1. The van der Waals surface area contributed by atoms with E-state index in [2.05, 4.69) is 0 Å². The number of halogens is 1. The largest absolute Gasteiger partial charge is 0.346 e. The van der Waals surface area contributed by atoms with Crippen LogP contribution in [0.25, 0.3) is 0 Å². The molecular formula is C13H19ClN2O3S.